The lowest BCUT2D eigenvalue weighted by Gasteiger charge is -2.28. The smallest absolute Gasteiger partial charge is 0.264 e. The van der Waals surface area contributed by atoms with Crippen molar-refractivity contribution in [2.24, 2.45) is 0 Å². The van der Waals surface area contributed by atoms with Crippen LogP contribution in [0.2, 0.25) is 0 Å². The lowest BCUT2D eigenvalue weighted by Crippen LogP contribution is -2.36. The fourth-order valence-electron chi connectivity index (χ4n) is 2.65. The predicted molar refractivity (Wildman–Crippen MR) is 82.6 cm³/mol. The molecule has 0 unspecified atom stereocenters. The van der Waals surface area contributed by atoms with Gasteiger partial charge in [0.05, 0.1) is 0 Å². The molecule has 2 heterocycles. The van der Waals surface area contributed by atoms with Gasteiger partial charge in [0.15, 0.2) is 0 Å². The third kappa shape index (κ3) is 2.79. The van der Waals surface area contributed by atoms with Gasteiger partial charge in [-0.2, -0.15) is 5.26 Å². The largest absolute Gasteiger partial charge is 0.462 e. The van der Waals surface area contributed by atoms with Gasteiger partial charge in [-0.05, 0) is 36.6 Å². The van der Waals surface area contributed by atoms with E-state index in [2.05, 4.69) is 6.07 Å². The van der Waals surface area contributed by atoms with E-state index in [0.29, 0.717) is 18.8 Å². The Kier molecular flexibility index (Phi) is 3.80. The van der Waals surface area contributed by atoms with E-state index >= 15 is 0 Å². The van der Waals surface area contributed by atoms with Gasteiger partial charge in [0.2, 0.25) is 0 Å². The molecule has 1 aromatic carbocycles. The Balaban J connectivity index is 1.81. The molecule has 0 radical (unpaired) electrons. The minimum atomic E-state index is -0.244. The van der Waals surface area contributed by atoms with E-state index in [1.54, 1.807) is 11.0 Å². The average Bonchev–Trinajstić information content (AvgIpc) is 2.96. The Labute approximate surface area is 129 Å². The number of amides is 1. The van der Waals surface area contributed by atoms with E-state index < -0.39 is 0 Å². The number of furan rings is 1. The maximum Gasteiger partial charge on any atom is 0.264 e. The number of nitriles is 1. The van der Waals surface area contributed by atoms with E-state index in [1.165, 1.54) is 11.6 Å². The number of hydrogen-bond acceptors (Lipinski definition) is 3. The molecule has 4 heteroatoms. The summed E-state index contributed by atoms with van der Waals surface area (Å²) < 4.78 is 5.41. The lowest BCUT2D eigenvalue weighted by atomic mass is 9.99. The van der Waals surface area contributed by atoms with E-state index in [9.17, 15) is 10.1 Å². The molecule has 0 bridgehead atoms. The second-order valence-electron chi connectivity index (χ2n) is 5.36. The number of hydrogen-bond donors (Lipinski definition) is 0. The van der Waals surface area contributed by atoms with Crippen LogP contribution in [0.4, 0.5) is 0 Å². The number of nitrogens with zero attached hydrogens (tertiary/aromatic N) is 2. The average molecular weight is 292 g/mol. The van der Waals surface area contributed by atoms with Gasteiger partial charge < -0.3 is 9.32 Å². The van der Waals surface area contributed by atoms with Crippen molar-refractivity contribution in [2.75, 3.05) is 6.54 Å². The molecule has 22 heavy (non-hydrogen) atoms. The van der Waals surface area contributed by atoms with Crippen molar-refractivity contribution >= 4 is 12.0 Å². The number of benzene rings is 1. The summed E-state index contributed by atoms with van der Waals surface area (Å²) in [6.07, 6.45) is 2.33. The van der Waals surface area contributed by atoms with Crippen molar-refractivity contribution in [2.45, 2.75) is 19.9 Å². The summed E-state index contributed by atoms with van der Waals surface area (Å²) in [6.45, 7) is 3.00. The van der Waals surface area contributed by atoms with Gasteiger partial charge in [-0.1, -0.05) is 24.3 Å². The van der Waals surface area contributed by atoms with Crippen LogP contribution >= 0.6 is 0 Å². The van der Waals surface area contributed by atoms with Crippen LogP contribution in [0.3, 0.4) is 0 Å². The molecule has 0 saturated heterocycles. The number of aryl methyl sites for hydroxylation is 1. The molecule has 0 atom stereocenters. The molecule has 1 aliphatic rings. The Morgan fingerprint density at radius 3 is 2.73 bits per heavy atom. The van der Waals surface area contributed by atoms with Gasteiger partial charge in [-0.3, -0.25) is 4.79 Å². The first-order chi connectivity index (χ1) is 10.7. The van der Waals surface area contributed by atoms with Crippen LogP contribution in [0.25, 0.3) is 6.08 Å². The molecule has 1 aromatic heterocycles. The molecule has 1 aliphatic heterocycles. The zero-order valence-electron chi connectivity index (χ0n) is 12.4. The molecule has 2 aromatic rings. The molecule has 0 fully saturated rings. The van der Waals surface area contributed by atoms with Gasteiger partial charge in [0, 0.05) is 19.2 Å². The molecular weight excluding hydrogens is 276 g/mol. The third-order valence-corrected chi connectivity index (χ3v) is 3.82. The molecule has 110 valence electrons. The van der Waals surface area contributed by atoms with Crippen molar-refractivity contribution in [3.63, 3.8) is 0 Å². The highest BCUT2D eigenvalue weighted by Crippen LogP contribution is 2.21. The third-order valence-electron chi connectivity index (χ3n) is 3.82. The maximum absolute atomic E-state index is 12.5. The Bertz CT molecular complexity index is 780. The molecule has 1 amide bonds. The zero-order valence-corrected chi connectivity index (χ0v) is 12.4. The normalized spacial score (nSPS) is 14.4. The van der Waals surface area contributed by atoms with Gasteiger partial charge >= 0.3 is 0 Å². The summed E-state index contributed by atoms with van der Waals surface area (Å²) in [5, 5.41) is 9.28. The molecular formula is C18H16N2O2. The quantitative estimate of drug-likeness (QED) is 0.631. The topological polar surface area (TPSA) is 57.2 Å². The second-order valence-corrected chi connectivity index (χ2v) is 5.36. The highest BCUT2D eigenvalue weighted by molar-refractivity contribution is 6.01. The van der Waals surface area contributed by atoms with Gasteiger partial charge in [-0.25, -0.2) is 0 Å². The maximum atomic E-state index is 12.5. The Morgan fingerprint density at radius 2 is 2.05 bits per heavy atom. The summed E-state index contributed by atoms with van der Waals surface area (Å²) in [5.74, 6) is 1.04. The molecule has 0 saturated carbocycles. The number of carbonyl (C=O) groups is 1. The highest BCUT2D eigenvalue weighted by atomic mass is 16.3. The molecule has 0 spiro atoms. The lowest BCUT2D eigenvalue weighted by molar-refractivity contribution is -0.127. The van der Waals surface area contributed by atoms with Crippen LogP contribution in [0.1, 0.15) is 22.6 Å². The van der Waals surface area contributed by atoms with Crippen LogP contribution in [-0.2, 0) is 17.8 Å². The van der Waals surface area contributed by atoms with E-state index in [4.69, 9.17) is 4.42 Å². The van der Waals surface area contributed by atoms with Crippen LogP contribution < -0.4 is 0 Å². The number of carbonyl (C=O) groups excluding carboxylic acids is 1. The summed E-state index contributed by atoms with van der Waals surface area (Å²) in [7, 11) is 0. The van der Waals surface area contributed by atoms with Crippen molar-refractivity contribution in [1.29, 1.82) is 5.26 Å². The van der Waals surface area contributed by atoms with Crippen molar-refractivity contribution in [1.82, 2.24) is 4.90 Å². The SMILES string of the molecule is Cc1ccc(C=C(C#N)C(=O)N2CCc3ccccc3C2)o1. The van der Waals surface area contributed by atoms with E-state index in [1.807, 2.05) is 37.3 Å². The fourth-order valence-corrected chi connectivity index (χ4v) is 2.65. The first-order valence-corrected chi connectivity index (χ1v) is 7.21. The van der Waals surface area contributed by atoms with Crippen molar-refractivity contribution < 1.29 is 9.21 Å². The summed E-state index contributed by atoms with van der Waals surface area (Å²) in [6, 6.07) is 13.7. The summed E-state index contributed by atoms with van der Waals surface area (Å²) in [4.78, 5) is 14.3. The molecule has 3 rings (SSSR count). The first kappa shape index (κ1) is 14.2. The van der Waals surface area contributed by atoms with Gasteiger partial charge in [-0.15, -0.1) is 0 Å². The van der Waals surface area contributed by atoms with Crippen LogP contribution in [-0.4, -0.2) is 17.4 Å². The van der Waals surface area contributed by atoms with Crippen LogP contribution in [0.15, 0.2) is 46.4 Å². The fraction of sp³-hybridized carbons (Fsp3) is 0.222. The number of rotatable bonds is 2. The zero-order chi connectivity index (χ0) is 15.5. The monoisotopic (exact) mass is 292 g/mol. The number of fused-ring (bicyclic) bond motifs is 1. The van der Waals surface area contributed by atoms with Crippen molar-refractivity contribution in [3.8, 4) is 6.07 Å². The van der Waals surface area contributed by atoms with Crippen LogP contribution in [0.5, 0.6) is 0 Å². The molecule has 0 aliphatic carbocycles. The van der Waals surface area contributed by atoms with Crippen LogP contribution in [0, 0.1) is 18.3 Å². The second kappa shape index (κ2) is 5.90. The molecule has 4 nitrogen and oxygen atoms in total. The first-order valence-electron chi connectivity index (χ1n) is 7.21. The Hall–Kier alpha value is -2.80. The minimum absolute atomic E-state index is 0.105. The summed E-state index contributed by atoms with van der Waals surface area (Å²) in [5.41, 5.74) is 2.53. The Morgan fingerprint density at radius 1 is 1.27 bits per heavy atom. The molecule has 0 N–H and O–H groups in total. The minimum Gasteiger partial charge on any atom is -0.462 e. The van der Waals surface area contributed by atoms with E-state index in [0.717, 1.165) is 17.7 Å². The standard InChI is InChI=1S/C18H16N2O2/c1-13-6-7-17(22-13)10-16(11-19)18(21)20-9-8-14-4-2-3-5-15(14)12-20/h2-7,10H,8-9,12H2,1H3. The van der Waals surface area contributed by atoms with Gasteiger partial charge in [0.25, 0.3) is 5.91 Å². The summed E-state index contributed by atoms with van der Waals surface area (Å²) >= 11 is 0. The van der Waals surface area contributed by atoms with Gasteiger partial charge in [0.1, 0.15) is 23.2 Å². The van der Waals surface area contributed by atoms with Crippen molar-refractivity contribution in [3.05, 3.63) is 64.6 Å². The highest BCUT2D eigenvalue weighted by Gasteiger charge is 2.23. The predicted octanol–water partition coefficient (Wildman–Crippen LogP) is 3.08. The van der Waals surface area contributed by atoms with E-state index in [-0.39, 0.29) is 11.5 Å².